The van der Waals surface area contributed by atoms with Crippen LogP contribution in [0.4, 0.5) is 0 Å². The van der Waals surface area contributed by atoms with Crippen molar-refractivity contribution < 1.29 is 14.6 Å². The van der Waals surface area contributed by atoms with Crippen LogP contribution in [0.1, 0.15) is 45.4 Å². The Morgan fingerprint density at radius 2 is 1.94 bits per heavy atom. The van der Waals surface area contributed by atoms with Gasteiger partial charge in [0.1, 0.15) is 5.60 Å². The van der Waals surface area contributed by atoms with E-state index < -0.39 is 5.60 Å². The lowest BCUT2D eigenvalue weighted by molar-refractivity contribution is -0.233. The molecule has 2 aliphatic carbocycles. The highest BCUT2D eigenvalue weighted by Crippen LogP contribution is 2.58. The van der Waals surface area contributed by atoms with Crippen LogP contribution in [0.5, 0.6) is 0 Å². The van der Waals surface area contributed by atoms with Gasteiger partial charge in [0.2, 0.25) is 0 Å². The summed E-state index contributed by atoms with van der Waals surface area (Å²) in [5.74, 6) is 2.70. The molecule has 0 aromatic heterocycles. The van der Waals surface area contributed by atoms with Crippen LogP contribution < -0.4 is 0 Å². The van der Waals surface area contributed by atoms with Gasteiger partial charge in [-0.1, -0.05) is 12.8 Å². The van der Waals surface area contributed by atoms with Crippen molar-refractivity contribution in [3.05, 3.63) is 0 Å². The van der Waals surface area contributed by atoms with E-state index in [4.69, 9.17) is 15.9 Å². The minimum Gasteiger partial charge on any atom is -0.377 e. The van der Waals surface area contributed by atoms with Crippen molar-refractivity contribution in [3.63, 3.8) is 0 Å². The molecule has 1 spiro atoms. The van der Waals surface area contributed by atoms with Gasteiger partial charge in [-0.2, -0.15) is 0 Å². The summed E-state index contributed by atoms with van der Waals surface area (Å²) >= 11 is 0. The molecule has 2 saturated carbocycles. The highest BCUT2D eigenvalue weighted by atomic mass is 16.7. The molecule has 3 unspecified atom stereocenters. The average molecular weight is 250 g/mol. The zero-order valence-corrected chi connectivity index (χ0v) is 11.1. The maximum atomic E-state index is 10.7. The van der Waals surface area contributed by atoms with Crippen LogP contribution in [-0.2, 0) is 9.47 Å². The van der Waals surface area contributed by atoms with Gasteiger partial charge in [-0.15, -0.1) is 6.42 Å². The molecule has 3 fully saturated rings. The molecule has 0 bridgehead atoms. The zero-order valence-electron chi connectivity index (χ0n) is 11.1. The number of aliphatic hydroxyl groups is 1. The van der Waals surface area contributed by atoms with E-state index in [1.165, 1.54) is 0 Å². The third-order valence-corrected chi connectivity index (χ3v) is 5.57. The van der Waals surface area contributed by atoms with Crippen molar-refractivity contribution in [2.75, 3.05) is 13.2 Å². The Kier molecular flexibility index (Phi) is 2.75. The van der Waals surface area contributed by atoms with Gasteiger partial charge in [-0.05, 0) is 31.6 Å². The van der Waals surface area contributed by atoms with Crippen LogP contribution in [0.2, 0.25) is 0 Å². The van der Waals surface area contributed by atoms with Crippen LogP contribution in [-0.4, -0.2) is 29.7 Å². The molecule has 1 aliphatic heterocycles. The van der Waals surface area contributed by atoms with Crippen molar-refractivity contribution in [1.82, 2.24) is 0 Å². The zero-order chi connectivity index (χ0) is 12.9. The summed E-state index contributed by atoms with van der Waals surface area (Å²) in [6.07, 6.45) is 11.1. The second kappa shape index (κ2) is 3.96. The van der Waals surface area contributed by atoms with Crippen LogP contribution in [0.15, 0.2) is 0 Å². The van der Waals surface area contributed by atoms with Crippen LogP contribution >= 0.6 is 0 Å². The molecular weight excluding hydrogens is 228 g/mol. The topological polar surface area (TPSA) is 38.7 Å². The first-order chi connectivity index (χ1) is 8.54. The van der Waals surface area contributed by atoms with Gasteiger partial charge in [-0.25, -0.2) is 0 Å². The number of terminal acetylenes is 1. The van der Waals surface area contributed by atoms with Crippen molar-refractivity contribution in [1.29, 1.82) is 0 Å². The summed E-state index contributed by atoms with van der Waals surface area (Å²) in [4.78, 5) is 0. The normalized spacial score (nSPS) is 46.6. The highest BCUT2D eigenvalue weighted by molar-refractivity contribution is 5.20. The van der Waals surface area contributed by atoms with Crippen LogP contribution in [0.3, 0.4) is 0 Å². The predicted molar refractivity (Wildman–Crippen MR) is 67.7 cm³/mol. The molecule has 3 aliphatic rings. The second-order valence-electron chi connectivity index (χ2n) is 6.32. The molecule has 0 aromatic rings. The summed E-state index contributed by atoms with van der Waals surface area (Å²) in [6.45, 7) is 3.55. The monoisotopic (exact) mass is 250 g/mol. The Morgan fingerprint density at radius 3 is 2.61 bits per heavy atom. The summed E-state index contributed by atoms with van der Waals surface area (Å²) in [5.41, 5.74) is -1.13. The molecule has 1 N–H and O–H groups in total. The van der Waals surface area contributed by atoms with Gasteiger partial charge in [0.05, 0.1) is 13.2 Å². The Morgan fingerprint density at radius 1 is 1.22 bits per heavy atom. The van der Waals surface area contributed by atoms with Crippen LogP contribution in [0.25, 0.3) is 0 Å². The predicted octanol–water partition coefficient (Wildman–Crippen LogP) is 2.08. The van der Waals surface area contributed by atoms with Gasteiger partial charge in [0.25, 0.3) is 0 Å². The molecule has 0 aromatic carbocycles. The van der Waals surface area contributed by atoms with Gasteiger partial charge >= 0.3 is 0 Å². The molecule has 0 amide bonds. The summed E-state index contributed by atoms with van der Waals surface area (Å²) in [6, 6.07) is 0. The van der Waals surface area contributed by atoms with E-state index in [1.807, 2.05) is 0 Å². The summed E-state index contributed by atoms with van der Waals surface area (Å²) in [7, 11) is 0. The fraction of sp³-hybridized carbons (Fsp3) is 0.867. The van der Waals surface area contributed by atoms with Crippen molar-refractivity contribution in [2.24, 2.45) is 11.3 Å². The first-order valence-corrected chi connectivity index (χ1v) is 7.02. The number of rotatable bonds is 0. The largest absolute Gasteiger partial charge is 0.377 e. The quantitative estimate of drug-likeness (QED) is 0.669. The third-order valence-electron chi connectivity index (χ3n) is 5.57. The molecule has 3 atom stereocenters. The van der Waals surface area contributed by atoms with E-state index in [0.717, 1.165) is 38.5 Å². The fourth-order valence-corrected chi connectivity index (χ4v) is 4.21. The summed E-state index contributed by atoms with van der Waals surface area (Å²) in [5, 5.41) is 10.7. The SMILES string of the molecule is C#CC1(O)CCCC2CC3(CCC21C)OCCO3. The summed E-state index contributed by atoms with van der Waals surface area (Å²) < 4.78 is 11.6. The maximum absolute atomic E-state index is 10.7. The number of fused-ring (bicyclic) bond motifs is 1. The van der Waals surface area contributed by atoms with Gasteiger partial charge < -0.3 is 14.6 Å². The minimum atomic E-state index is -0.948. The number of ether oxygens (including phenoxy) is 2. The smallest absolute Gasteiger partial charge is 0.168 e. The molecule has 3 rings (SSSR count). The van der Waals surface area contributed by atoms with Crippen LogP contribution in [0, 0.1) is 23.7 Å². The standard InChI is InChI=1S/C15H22O3/c1-3-14(16)6-4-5-12-11-15(17-9-10-18-15)8-7-13(12,14)2/h1,12,16H,4-11H2,2H3. The second-order valence-corrected chi connectivity index (χ2v) is 6.32. The lowest BCUT2D eigenvalue weighted by Gasteiger charge is -2.56. The van der Waals surface area contributed by atoms with Gasteiger partial charge in [0.15, 0.2) is 5.79 Å². The molecule has 0 radical (unpaired) electrons. The molecule has 3 nitrogen and oxygen atoms in total. The molecule has 100 valence electrons. The first-order valence-electron chi connectivity index (χ1n) is 7.02. The van der Waals surface area contributed by atoms with Crippen molar-refractivity contribution in [2.45, 2.75) is 56.8 Å². The van der Waals surface area contributed by atoms with E-state index in [9.17, 15) is 5.11 Å². The number of hydrogen-bond acceptors (Lipinski definition) is 3. The lowest BCUT2D eigenvalue weighted by atomic mass is 9.52. The molecular formula is C15H22O3. The Hall–Kier alpha value is -0.560. The molecule has 18 heavy (non-hydrogen) atoms. The third kappa shape index (κ3) is 1.56. The lowest BCUT2D eigenvalue weighted by Crippen LogP contribution is -2.58. The van der Waals surface area contributed by atoms with E-state index in [0.29, 0.717) is 19.1 Å². The Balaban J connectivity index is 1.87. The van der Waals surface area contributed by atoms with Gasteiger partial charge in [-0.3, -0.25) is 0 Å². The van der Waals surface area contributed by atoms with Crippen molar-refractivity contribution in [3.8, 4) is 12.3 Å². The van der Waals surface area contributed by atoms with E-state index in [-0.39, 0.29) is 11.2 Å². The molecule has 1 heterocycles. The van der Waals surface area contributed by atoms with E-state index in [1.54, 1.807) is 0 Å². The average Bonchev–Trinajstić information content (AvgIpc) is 2.81. The van der Waals surface area contributed by atoms with Crippen molar-refractivity contribution >= 4 is 0 Å². The minimum absolute atomic E-state index is 0.180. The Bertz CT molecular complexity index is 380. The first kappa shape index (κ1) is 12.5. The van der Waals surface area contributed by atoms with E-state index >= 15 is 0 Å². The fourth-order valence-electron chi connectivity index (χ4n) is 4.21. The van der Waals surface area contributed by atoms with Gasteiger partial charge in [0, 0.05) is 18.3 Å². The maximum Gasteiger partial charge on any atom is 0.168 e. The molecule has 3 heteroatoms. The number of hydrogen-bond donors (Lipinski definition) is 1. The molecule has 1 saturated heterocycles. The van der Waals surface area contributed by atoms with E-state index in [2.05, 4.69) is 12.8 Å². The Labute approximate surface area is 109 Å². The highest BCUT2D eigenvalue weighted by Gasteiger charge is 2.59.